The Morgan fingerprint density at radius 2 is 1.96 bits per heavy atom. The lowest BCUT2D eigenvalue weighted by atomic mass is 10.0. The molecule has 9 heteroatoms. The molecule has 3 amide bonds. The number of aliphatic hydroxyl groups excluding tert-OH is 1. The van der Waals surface area contributed by atoms with E-state index in [4.69, 9.17) is 5.26 Å². The van der Waals surface area contributed by atoms with Gasteiger partial charge in [-0.05, 0) is 25.1 Å². The summed E-state index contributed by atoms with van der Waals surface area (Å²) < 4.78 is 39.0. The second-order valence-electron chi connectivity index (χ2n) is 5.25. The normalized spacial score (nSPS) is 21.8. The first kappa shape index (κ1) is 16.8. The van der Waals surface area contributed by atoms with Crippen LogP contribution in [0.5, 0.6) is 0 Å². The number of carbonyl (C=O) groups excluding carboxylic acids is 2. The van der Waals surface area contributed by atoms with Crippen LogP contribution in [0.4, 0.5) is 23.7 Å². The summed E-state index contributed by atoms with van der Waals surface area (Å²) >= 11 is 0. The predicted molar refractivity (Wildman–Crippen MR) is 72.3 cm³/mol. The molecule has 1 atom stereocenters. The van der Waals surface area contributed by atoms with Crippen LogP contribution >= 0.6 is 0 Å². The van der Waals surface area contributed by atoms with E-state index in [0.717, 1.165) is 17.0 Å². The number of likely N-dealkylation sites (N-methyl/N-ethyl adjacent to an activating group) is 1. The second-order valence-corrected chi connectivity index (χ2v) is 5.25. The molecule has 0 saturated carbocycles. The standard InChI is InChI=1S/C14H12F3N3O3/c1-13(7-21)11(22)20(12(23)19(13)2)9-4-3-8(6-18)10(5-9)14(15,16)17/h3-5,21H,7H2,1-2H3. The van der Waals surface area contributed by atoms with E-state index in [-0.39, 0.29) is 5.69 Å². The van der Waals surface area contributed by atoms with E-state index >= 15 is 0 Å². The highest BCUT2D eigenvalue weighted by molar-refractivity contribution is 6.23. The summed E-state index contributed by atoms with van der Waals surface area (Å²) in [7, 11) is 1.27. The Morgan fingerprint density at radius 3 is 2.39 bits per heavy atom. The Morgan fingerprint density at radius 1 is 1.35 bits per heavy atom. The van der Waals surface area contributed by atoms with E-state index in [9.17, 15) is 27.9 Å². The lowest BCUT2D eigenvalue weighted by molar-refractivity contribution is -0.137. The van der Waals surface area contributed by atoms with Gasteiger partial charge in [-0.15, -0.1) is 0 Å². The lowest BCUT2D eigenvalue weighted by Gasteiger charge is -2.25. The van der Waals surface area contributed by atoms with E-state index in [2.05, 4.69) is 0 Å². The maximum Gasteiger partial charge on any atom is 0.417 e. The van der Waals surface area contributed by atoms with E-state index in [1.54, 1.807) is 0 Å². The molecule has 1 fully saturated rings. The minimum absolute atomic E-state index is 0.310. The van der Waals surface area contributed by atoms with Crippen LogP contribution in [0.1, 0.15) is 18.1 Å². The Hall–Kier alpha value is -2.60. The van der Waals surface area contributed by atoms with Crippen molar-refractivity contribution in [2.45, 2.75) is 18.6 Å². The molecule has 23 heavy (non-hydrogen) atoms. The number of imide groups is 1. The largest absolute Gasteiger partial charge is 0.417 e. The third-order valence-corrected chi connectivity index (χ3v) is 3.88. The predicted octanol–water partition coefficient (Wildman–Crippen LogP) is 1.73. The molecule has 1 heterocycles. The number of halogens is 3. The molecular weight excluding hydrogens is 315 g/mol. The second kappa shape index (κ2) is 5.24. The molecule has 1 aromatic rings. The maximum absolute atomic E-state index is 13.0. The summed E-state index contributed by atoms with van der Waals surface area (Å²) in [6.45, 7) is 0.633. The van der Waals surface area contributed by atoms with Crippen molar-refractivity contribution in [3.8, 4) is 6.07 Å². The van der Waals surface area contributed by atoms with Crippen LogP contribution in [0.25, 0.3) is 0 Å². The Balaban J connectivity index is 2.58. The first-order valence-corrected chi connectivity index (χ1v) is 6.42. The molecule has 122 valence electrons. The summed E-state index contributed by atoms with van der Waals surface area (Å²) in [5.41, 5.74) is -3.71. The lowest BCUT2D eigenvalue weighted by Crippen LogP contribution is -2.48. The molecule has 2 rings (SSSR count). The number of anilines is 1. The first-order chi connectivity index (χ1) is 10.6. The first-order valence-electron chi connectivity index (χ1n) is 6.42. The molecule has 1 saturated heterocycles. The van der Waals surface area contributed by atoms with Crippen LogP contribution in [0.3, 0.4) is 0 Å². The monoisotopic (exact) mass is 327 g/mol. The maximum atomic E-state index is 13.0. The van der Waals surface area contributed by atoms with Crippen molar-refractivity contribution in [3.63, 3.8) is 0 Å². The molecule has 1 aromatic carbocycles. The van der Waals surface area contributed by atoms with Crippen molar-refractivity contribution in [2.24, 2.45) is 0 Å². The molecule has 0 aromatic heterocycles. The molecule has 0 radical (unpaired) electrons. The molecule has 1 unspecified atom stereocenters. The van der Waals surface area contributed by atoms with Gasteiger partial charge in [-0.1, -0.05) is 0 Å². The highest BCUT2D eigenvalue weighted by atomic mass is 19.4. The Labute approximate surface area is 129 Å². The number of hydrogen-bond donors (Lipinski definition) is 1. The summed E-state index contributed by atoms with van der Waals surface area (Å²) in [5, 5.41) is 18.1. The molecule has 0 aliphatic carbocycles. The van der Waals surface area contributed by atoms with E-state index in [0.29, 0.717) is 11.0 Å². The van der Waals surface area contributed by atoms with Gasteiger partial charge in [0, 0.05) is 7.05 Å². The molecule has 1 aliphatic rings. The zero-order valence-corrected chi connectivity index (χ0v) is 12.2. The van der Waals surface area contributed by atoms with Crippen LogP contribution in [0, 0.1) is 11.3 Å². The van der Waals surface area contributed by atoms with Crippen molar-refractivity contribution >= 4 is 17.6 Å². The van der Waals surface area contributed by atoms with Gasteiger partial charge in [0.15, 0.2) is 0 Å². The van der Waals surface area contributed by atoms with E-state index in [1.165, 1.54) is 20.0 Å². The molecular formula is C14H12F3N3O3. The molecule has 1 aliphatic heterocycles. The van der Waals surface area contributed by atoms with Crippen LogP contribution in [0.15, 0.2) is 18.2 Å². The van der Waals surface area contributed by atoms with Crippen molar-refractivity contribution in [1.29, 1.82) is 5.26 Å². The summed E-state index contributed by atoms with van der Waals surface area (Å²) in [4.78, 5) is 26.1. The zero-order valence-electron chi connectivity index (χ0n) is 12.2. The van der Waals surface area contributed by atoms with Gasteiger partial charge in [0.2, 0.25) is 0 Å². The van der Waals surface area contributed by atoms with Gasteiger partial charge in [-0.25, -0.2) is 9.69 Å². The number of aliphatic hydroxyl groups is 1. The summed E-state index contributed by atoms with van der Waals surface area (Å²) in [5.74, 6) is -0.842. The zero-order chi connectivity index (χ0) is 17.6. The van der Waals surface area contributed by atoms with Gasteiger partial charge in [0.05, 0.1) is 29.5 Å². The van der Waals surface area contributed by atoms with E-state index < -0.39 is 41.4 Å². The number of benzene rings is 1. The van der Waals surface area contributed by atoms with Gasteiger partial charge in [-0.2, -0.15) is 18.4 Å². The third-order valence-electron chi connectivity index (χ3n) is 3.88. The van der Waals surface area contributed by atoms with Crippen LogP contribution in [-0.4, -0.2) is 41.1 Å². The molecule has 6 nitrogen and oxygen atoms in total. The minimum Gasteiger partial charge on any atom is -0.393 e. The Kier molecular flexibility index (Phi) is 3.82. The summed E-state index contributed by atoms with van der Waals surface area (Å²) in [6, 6.07) is 3.12. The fourth-order valence-electron chi connectivity index (χ4n) is 2.24. The molecule has 0 spiro atoms. The number of alkyl halides is 3. The smallest absolute Gasteiger partial charge is 0.393 e. The third kappa shape index (κ3) is 2.41. The summed E-state index contributed by atoms with van der Waals surface area (Å²) in [6.07, 6.45) is -4.81. The fourth-order valence-corrected chi connectivity index (χ4v) is 2.24. The quantitative estimate of drug-likeness (QED) is 0.838. The highest BCUT2D eigenvalue weighted by Crippen LogP contribution is 2.37. The van der Waals surface area contributed by atoms with Crippen molar-refractivity contribution in [2.75, 3.05) is 18.6 Å². The number of hydrogen-bond acceptors (Lipinski definition) is 4. The number of urea groups is 1. The van der Waals surface area contributed by atoms with Crippen LogP contribution < -0.4 is 4.90 Å². The van der Waals surface area contributed by atoms with E-state index in [1.807, 2.05) is 0 Å². The molecule has 1 N–H and O–H groups in total. The molecule has 0 bridgehead atoms. The fraction of sp³-hybridized carbons (Fsp3) is 0.357. The van der Waals surface area contributed by atoms with Gasteiger partial charge >= 0.3 is 12.2 Å². The number of rotatable bonds is 2. The minimum atomic E-state index is -4.81. The average Bonchev–Trinajstić information content (AvgIpc) is 2.67. The number of nitriles is 1. The van der Waals surface area contributed by atoms with Gasteiger partial charge < -0.3 is 10.0 Å². The van der Waals surface area contributed by atoms with Crippen LogP contribution in [0.2, 0.25) is 0 Å². The number of nitrogens with zero attached hydrogens (tertiary/aromatic N) is 3. The van der Waals surface area contributed by atoms with Gasteiger partial charge in [-0.3, -0.25) is 4.79 Å². The van der Waals surface area contributed by atoms with Gasteiger partial charge in [0.25, 0.3) is 5.91 Å². The Bertz CT molecular complexity index is 726. The highest BCUT2D eigenvalue weighted by Gasteiger charge is 2.53. The van der Waals surface area contributed by atoms with Crippen LogP contribution in [-0.2, 0) is 11.0 Å². The average molecular weight is 327 g/mol. The van der Waals surface area contributed by atoms with Crippen molar-refractivity contribution in [1.82, 2.24) is 4.90 Å². The topological polar surface area (TPSA) is 84.6 Å². The van der Waals surface area contributed by atoms with Gasteiger partial charge in [0.1, 0.15) is 5.54 Å². The van der Waals surface area contributed by atoms with Crippen molar-refractivity contribution < 1.29 is 27.9 Å². The number of carbonyl (C=O) groups is 2. The van der Waals surface area contributed by atoms with Crippen molar-refractivity contribution in [3.05, 3.63) is 29.3 Å². The number of amides is 3. The SMILES string of the molecule is CN1C(=O)N(c2ccc(C#N)c(C(F)(F)F)c2)C(=O)C1(C)CO.